The summed E-state index contributed by atoms with van der Waals surface area (Å²) in [6, 6.07) is 3.30. The van der Waals surface area contributed by atoms with Gasteiger partial charge < -0.3 is 15.4 Å². The maximum atomic E-state index is 12.2. The van der Waals surface area contributed by atoms with Gasteiger partial charge in [-0.05, 0) is 17.9 Å². The van der Waals surface area contributed by atoms with Crippen molar-refractivity contribution in [2.24, 2.45) is 5.73 Å². The Balaban J connectivity index is 1.99. The van der Waals surface area contributed by atoms with E-state index in [0.29, 0.717) is 19.7 Å². The van der Waals surface area contributed by atoms with Crippen LogP contribution in [-0.4, -0.2) is 36.6 Å². The third kappa shape index (κ3) is 2.86. The summed E-state index contributed by atoms with van der Waals surface area (Å²) in [4.78, 5) is 15.0. The van der Waals surface area contributed by atoms with Crippen LogP contribution in [-0.2, 0) is 9.53 Å². The van der Waals surface area contributed by atoms with Gasteiger partial charge in [0, 0.05) is 18.0 Å². The number of ether oxygens (including phenoxy) is 1. The maximum Gasteiger partial charge on any atom is 0.245 e. The van der Waals surface area contributed by atoms with E-state index in [2.05, 4.69) is 6.92 Å². The fourth-order valence-corrected chi connectivity index (χ4v) is 2.67. The molecule has 1 fully saturated rings. The van der Waals surface area contributed by atoms with Crippen LogP contribution in [0.5, 0.6) is 0 Å². The van der Waals surface area contributed by atoms with E-state index < -0.39 is 6.04 Å². The van der Waals surface area contributed by atoms with Crippen molar-refractivity contribution in [2.75, 3.05) is 19.7 Å². The van der Waals surface area contributed by atoms with Crippen LogP contribution >= 0.6 is 11.3 Å². The molecule has 0 saturated carbocycles. The van der Waals surface area contributed by atoms with Crippen molar-refractivity contribution >= 4 is 17.2 Å². The van der Waals surface area contributed by atoms with Gasteiger partial charge >= 0.3 is 0 Å². The summed E-state index contributed by atoms with van der Waals surface area (Å²) in [6.07, 6.45) is 1.08. The van der Waals surface area contributed by atoms with Gasteiger partial charge in [-0.25, -0.2) is 0 Å². The van der Waals surface area contributed by atoms with E-state index in [1.165, 1.54) is 11.3 Å². The summed E-state index contributed by atoms with van der Waals surface area (Å²) >= 11 is 1.53. The second-order valence-electron chi connectivity index (χ2n) is 4.18. The third-order valence-corrected chi connectivity index (χ3v) is 3.98. The van der Waals surface area contributed by atoms with Gasteiger partial charge in [0.25, 0.3) is 0 Å². The molecule has 5 heteroatoms. The number of rotatable bonds is 3. The Labute approximate surface area is 105 Å². The molecule has 1 aromatic heterocycles. The lowest BCUT2D eigenvalue weighted by Crippen LogP contribution is -2.48. The molecule has 1 aliphatic rings. The Kier molecular flexibility index (Phi) is 4.15. The Bertz CT molecular complexity index is 367. The van der Waals surface area contributed by atoms with Crippen molar-refractivity contribution in [2.45, 2.75) is 25.5 Å². The second kappa shape index (κ2) is 5.62. The minimum Gasteiger partial charge on any atom is -0.375 e. The van der Waals surface area contributed by atoms with E-state index in [9.17, 15) is 4.79 Å². The molecule has 1 aliphatic heterocycles. The monoisotopic (exact) mass is 254 g/mol. The van der Waals surface area contributed by atoms with Gasteiger partial charge in [-0.2, -0.15) is 0 Å². The molecule has 2 atom stereocenters. The van der Waals surface area contributed by atoms with Gasteiger partial charge in [0.1, 0.15) is 6.04 Å². The highest BCUT2D eigenvalue weighted by Crippen LogP contribution is 2.20. The van der Waals surface area contributed by atoms with Crippen LogP contribution in [0.3, 0.4) is 0 Å². The van der Waals surface area contributed by atoms with E-state index in [4.69, 9.17) is 10.5 Å². The van der Waals surface area contributed by atoms with E-state index >= 15 is 0 Å². The minimum absolute atomic E-state index is 0.00852. The highest BCUT2D eigenvalue weighted by atomic mass is 32.1. The fraction of sp³-hybridized carbons (Fsp3) is 0.583. The first kappa shape index (κ1) is 12.5. The highest BCUT2D eigenvalue weighted by molar-refractivity contribution is 7.10. The zero-order valence-electron chi connectivity index (χ0n) is 9.96. The summed E-state index contributed by atoms with van der Waals surface area (Å²) in [5.41, 5.74) is 5.98. The summed E-state index contributed by atoms with van der Waals surface area (Å²) in [5, 5.41) is 1.94. The number of morpholine rings is 1. The van der Waals surface area contributed by atoms with Crippen molar-refractivity contribution in [3.05, 3.63) is 22.4 Å². The standard InChI is InChI=1S/C12H18N2O2S/c1-2-9-8-14(5-6-16-9)12(15)11(13)10-4-3-7-17-10/h3-4,7,9,11H,2,5-6,8,13H2,1H3. The van der Waals surface area contributed by atoms with E-state index in [1.807, 2.05) is 22.4 Å². The van der Waals surface area contributed by atoms with Crippen molar-refractivity contribution in [1.82, 2.24) is 4.90 Å². The summed E-state index contributed by atoms with van der Waals surface area (Å²) in [7, 11) is 0. The lowest BCUT2D eigenvalue weighted by molar-refractivity contribution is -0.140. The van der Waals surface area contributed by atoms with Crippen LogP contribution in [0.2, 0.25) is 0 Å². The fourth-order valence-electron chi connectivity index (χ4n) is 1.95. The average molecular weight is 254 g/mol. The maximum absolute atomic E-state index is 12.2. The number of hydrogen-bond donors (Lipinski definition) is 1. The van der Waals surface area contributed by atoms with Crippen LogP contribution in [0, 0.1) is 0 Å². The van der Waals surface area contributed by atoms with Crippen LogP contribution in [0.4, 0.5) is 0 Å². The summed E-state index contributed by atoms with van der Waals surface area (Å²) in [6.45, 7) is 3.99. The molecule has 1 aromatic rings. The molecule has 0 spiro atoms. The molecule has 4 nitrogen and oxygen atoms in total. The van der Waals surface area contributed by atoms with Gasteiger partial charge in [-0.1, -0.05) is 13.0 Å². The number of hydrogen-bond acceptors (Lipinski definition) is 4. The highest BCUT2D eigenvalue weighted by Gasteiger charge is 2.27. The lowest BCUT2D eigenvalue weighted by Gasteiger charge is -2.33. The molecule has 94 valence electrons. The SMILES string of the molecule is CCC1CN(C(=O)C(N)c2cccs2)CCO1. The van der Waals surface area contributed by atoms with Crippen LogP contribution in [0.25, 0.3) is 0 Å². The van der Waals surface area contributed by atoms with Crippen molar-refractivity contribution in [3.63, 3.8) is 0 Å². The first-order valence-corrected chi connectivity index (χ1v) is 6.79. The van der Waals surface area contributed by atoms with Gasteiger partial charge in [-0.15, -0.1) is 11.3 Å². The summed E-state index contributed by atoms with van der Waals surface area (Å²) < 4.78 is 5.55. The molecular formula is C12H18N2O2S. The summed E-state index contributed by atoms with van der Waals surface area (Å²) in [5.74, 6) is 0.00852. The Morgan fingerprint density at radius 3 is 3.24 bits per heavy atom. The quantitative estimate of drug-likeness (QED) is 0.886. The largest absolute Gasteiger partial charge is 0.375 e. The molecular weight excluding hydrogens is 236 g/mol. The van der Waals surface area contributed by atoms with Crippen LogP contribution in [0.1, 0.15) is 24.3 Å². The molecule has 0 radical (unpaired) electrons. The Morgan fingerprint density at radius 1 is 1.76 bits per heavy atom. The predicted molar refractivity (Wildman–Crippen MR) is 67.9 cm³/mol. The zero-order valence-corrected chi connectivity index (χ0v) is 10.8. The van der Waals surface area contributed by atoms with E-state index in [-0.39, 0.29) is 12.0 Å². The number of nitrogens with two attached hydrogens (primary N) is 1. The van der Waals surface area contributed by atoms with E-state index in [0.717, 1.165) is 11.3 Å². The second-order valence-corrected chi connectivity index (χ2v) is 5.16. The molecule has 17 heavy (non-hydrogen) atoms. The molecule has 2 N–H and O–H groups in total. The number of thiophene rings is 1. The Morgan fingerprint density at radius 2 is 2.59 bits per heavy atom. The third-order valence-electron chi connectivity index (χ3n) is 3.02. The number of amides is 1. The lowest BCUT2D eigenvalue weighted by atomic mass is 10.1. The molecule has 2 rings (SSSR count). The van der Waals surface area contributed by atoms with Gasteiger partial charge in [-0.3, -0.25) is 4.79 Å². The van der Waals surface area contributed by atoms with E-state index in [1.54, 1.807) is 0 Å². The molecule has 0 bridgehead atoms. The van der Waals surface area contributed by atoms with Gasteiger partial charge in [0.05, 0.1) is 12.7 Å². The van der Waals surface area contributed by atoms with Gasteiger partial charge in [0.2, 0.25) is 5.91 Å². The van der Waals surface area contributed by atoms with Crippen molar-refractivity contribution in [3.8, 4) is 0 Å². The van der Waals surface area contributed by atoms with Crippen molar-refractivity contribution in [1.29, 1.82) is 0 Å². The molecule has 0 aromatic carbocycles. The zero-order chi connectivity index (χ0) is 12.3. The van der Waals surface area contributed by atoms with Crippen LogP contribution < -0.4 is 5.73 Å². The first-order chi connectivity index (χ1) is 8.22. The number of nitrogens with zero attached hydrogens (tertiary/aromatic N) is 1. The minimum atomic E-state index is -0.523. The molecule has 2 unspecified atom stereocenters. The number of carbonyl (C=O) groups is 1. The average Bonchev–Trinajstić information content (AvgIpc) is 2.91. The molecule has 1 amide bonds. The number of carbonyl (C=O) groups excluding carboxylic acids is 1. The smallest absolute Gasteiger partial charge is 0.245 e. The topological polar surface area (TPSA) is 55.6 Å². The van der Waals surface area contributed by atoms with Gasteiger partial charge in [0.15, 0.2) is 0 Å². The molecule has 2 heterocycles. The normalized spacial score (nSPS) is 22.5. The van der Waals surface area contributed by atoms with Crippen LogP contribution in [0.15, 0.2) is 17.5 Å². The Hall–Kier alpha value is -0.910. The van der Waals surface area contributed by atoms with Crippen molar-refractivity contribution < 1.29 is 9.53 Å². The predicted octanol–water partition coefficient (Wildman–Crippen LogP) is 1.39. The first-order valence-electron chi connectivity index (χ1n) is 5.91. The molecule has 0 aliphatic carbocycles. The molecule has 1 saturated heterocycles.